The van der Waals surface area contributed by atoms with Gasteiger partial charge in [0, 0.05) is 18.7 Å². The third-order valence-corrected chi connectivity index (χ3v) is 5.69. The summed E-state index contributed by atoms with van der Waals surface area (Å²) in [7, 11) is -3.81. The molecule has 24 heavy (non-hydrogen) atoms. The maximum absolute atomic E-state index is 13.0. The smallest absolute Gasteiger partial charge is 0.247 e. The number of hydrogen-bond acceptors (Lipinski definition) is 5. The van der Waals surface area contributed by atoms with E-state index in [0.29, 0.717) is 0 Å². The maximum atomic E-state index is 13.0. The number of hydrogen-bond donors (Lipinski definition) is 1. The molecule has 0 fully saturated rings. The number of carbonyl (C=O) groups excluding carboxylic acids is 1. The second kappa shape index (κ2) is 6.72. The molecule has 0 saturated carbocycles. The highest BCUT2D eigenvalue weighted by molar-refractivity contribution is 7.89. The van der Waals surface area contributed by atoms with Crippen molar-refractivity contribution in [3.8, 4) is 5.75 Å². The molecule has 7 heteroatoms. The molecule has 1 aliphatic rings. The third-order valence-electron chi connectivity index (χ3n) is 3.83. The van der Waals surface area contributed by atoms with Crippen molar-refractivity contribution >= 4 is 15.8 Å². The number of ether oxygens (including phenoxy) is 1. The van der Waals surface area contributed by atoms with Crippen molar-refractivity contribution in [3.05, 3.63) is 59.7 Å². The predicted octanol–water partition coefficient (Wildman–Crippen LogP) is 1.44. The van der Waals surface area contributed by atoms with E-state index in [-0.39, 0.29) is 35.9 Å². The van der Waals surface area contributed by atoms with E-state index in [1.165, 1.54) is 22.5 Å². The summed E-state index contributed by atoms with van der Waals surface area (Å²) in [6.45, 7) is -0.000880. The number of fused-ring (bicyclic) bond motifs is 1. The summed E-state index contributed by atoms with van der Waals surface area (Å²) in [6.07, 6.45) is 0. The van der Waals surface area contributed by atoms with Gasteiger partial charge in [0.1, 0.15) is 23.9 Å². The monoisotopic (exact) mass is 347 g/mol. The molecule has 0 amide bonds. The van der Waals surface area contributed by atoms with Crippen LogP contribution in [-0.2, 0) is 16.6 Å². The Hall–Kier alpha value is -2.22. The fraction of sp³-hybridized carbons (Fsp3) is 0.235. The lowest BCUT2D eigenvalue weighted by atomic mass is 10.1. The lowest BCUT2D eigenvalue weighted by Crippen LogP contribution is -2.32. The zero-order valence-corrected chi connectivity index (χ0v) is 13.7. The zero-order valence-electron chi connectivity index (χ0n) is 12.9. The molecule has 1 heterocycles. The van der Waals surface area contributed by atoms with Crippen LogP contribution < -0.4 is 4.74 Å². The van der Waals surface area contributed by atoms with E-state index >= 15 is 0 Å². The van der Waals surface area contributed by atoms with Crippen LogP contribution in [0.5, 0.6) is 5.75 Å². The number of aliphatic hydroxyl groups excluding tert-OH is 1. The molecule has 0 unspecified atom stereocenters. The molecule has 2 aromatic carbocycles. The average molecular weight is 347 g/mol. The van der Waals surface area contributed by atoms with Crippen LogP contribution in [0.3, 0.4) is 0 Å². The summed E-state index contributed by atoms with van der Waals surface area (Å²) in [5, 5.41) is 8.98. The van der Waals surface area contributed by atoms with Crippen LogP contribution in [-0.4, -0.2) is 43.4 Å². The second-order valence-electron chi connectivity index (χ2n) is 5.42. The van der Waals surface area contributed by atoms with E-state index in [9.17, 15) is 13.2 Å². The van der Waals surface area contributed by atoms with Crippen LogP contribution in [0.15, 0.2) is 53.4 Å². The average Bonchev–Trinajstić information content (AvgIpc) is 2.72. The molecule has 0 radical (unpaired) electrons. The molecule has 0 aromatic heterocycles. The van der Waals surface area contributed by atoms with Gasteiger partial charge in [0.15, 0.2) is 5.78 Å². The van der Waals surface area contributed by atoms with Crippen LogP contribution in [0.2, 0.25) is 0 Å². The van der Waals surface area contributed by atoms with Gasteiger partial charge in [-0.05, 0) is 23.8 Å². The van der Waals surface area contributed by atoms with Gasteiger partial charge < -0.3 is 9.84 Å². The van der Waals surface area contributed by atoms with Gasteiger partial charge in [0.2, 0.25) is 10.0 Å². The molecule has 0 atom stereocenters. The number of aliphatic hydroxyl groups is 1. The first-order valence-corrected chi connectivity index (χ1v) is 8.91. The Kier molecular flexibility index (Phi) is 4.66. The van der Waals surface area contributed by atoms with Crippen LogP contribution in [0.25, 0.3) is 0 Å². The van der Waals surface area contributed by atoms with Crippen molar-refractivity contribution in [2.75, 3.05) is 19.8 Å². The topological polar surface area (TPSA) is 83.9 Å². The first kappa shape index (κ1) is 16.6. The standard InChI is InChI=1S/C17H17NO5S/c19-12-15(20)14-6-7-16-17(10-14)24(21,22)18(8-9-23-16)11-13-4-2-1-3-5-13/h1-7,10,19H,8-9,11-12H2. The first-order valence-electron chi connectivity index (χ1n) is 7.47. The fourth-order valence-corrected chi connectivity index (χ4v) is 4.13. The number of benzene rings is 2. The van der Waals surface area contributed by atoms with Crippen LogP contribution in [0, 0.1) is 0 Å². The van der Waals surface area contributed by atoms with Gasteiger partial charge in [-0.1, -0.05) is 30.3 Å². The van der Waals surface area contributed by atoms with Crippen LogP contribution in [0.4, 0.5) is 0 Å². The molecule has 0 aliphatic carbocycles. The molecule has 0 saturated heterocycles. The normalized spacial score (nSPS) is 16.7. The van der Waals surface area contributed by atoms with Crippen molar-refractivity contribution < 1.29 is 23.1 Å². The Morgan fingerprint density at radius 1 is 1.17 bits per heavy atom. The van der Waals surface area contributed by atoms with E-state index in [1.807, 2.05) is 30.3 Å². The zero-order chi connectivity index (χ0) is 17.2. The van der Waals surface area contributed by atoms with Crippen molar-refractivity contribution in [2.24, 2.45) is 0 Å². The van der Waals surface area contributed by atoms with Gasteiger partial charge in [-0.25, -0.2) is 8.42 Å². The minimum atomic E-state index is -3.81. The van der Waals surface area contributed by atoms with Gasteiger partial charge in [0.25, 0.3) is 0 Å². The lowest BCUT2D eigenvalue weighted by Gasteiger charge is -2.19. The van der Waals surface area contributed by atoms with Crippen molar-refractivity contribution in [1.82, 2.24) is 4.31 Å². The van der Waals surface area contributed by atoms with E-state index in [4.69, 9.17) is 9.84 Å². The Morgan fingerprint density at radius 2 is 1.92 bits per heavy atom. The molecule has 0 bridgehead atoms. The largest absolute Gasteiger partial charge is 0.491 e. The minimum absolute atomic E-state index is 0.0461. The fourth-order valence-electron chi connectivity index (χ4n) is 2.56. The first-order chi connectivity index (χ1) is 11.5. The molecule has 2 aromatic rings. The molecule has 1 aliphatic heterocycles. The molecule has 6 nitrogen and oxygen atoms in total. The van der Waals surface area contributed by atoms with E-state index in [1.54, 1.807) is 0 Å². The highest BCUT2D eigenvalue weighted by Gasteiger charge is 2.31. The Morgan fingerprint density at radius 3 is 2.62 bits per heavy atom. The molecule has 1 N–H and O–H groups in total. The number of ketones is 1. The van der Waals surface area contributed by atoms with Gasteiger partial charge in [0.05, 0.1) is 0 Å². The van der Waals surface area contributed by atoms with Crippen molar-refractivity contribution in [3.63, 3.8) is 0 Å². The summed E-state index contributed by atoms with van der Waals surface area (Å²) in [4.78, 5) is 11.6. The summed E-state index contributed by atoms with van der Waals surface area (Å²) in [6, 6.07) is 13.5. The van der Waals surface area contributed by atoms with Gasteiger partial charge in [-0.2, -0.15) is 4.31 Å². The number of sulfonamides is 1. The van der Waals surface area contributed by atoms with Gasteiger partial charge in [-0.3, -0.25) is 4.79 Å². The number of rotatable bonds is 4. The molecule has 126 valence electrons. The SMILES string of the molecule is O=C(CO)c1ccc2c(c1)S(=O)(=O)N(Cc1ccccc1)CCO2. The molecule has 0 spiro atoms. The van der Waals surface area contributed by atoms with Gasteiger partial charge >= 0.3 is 0 Å². The minimum Gasteiger partial charge on any atom is -0.491 e. The van der Waals surface area contributed by atoms with E-state index in [2.05, 4.69) is 0 Å². The summed E-state index contributed by atoms with van der Waals surface area (Å²) in [5.41, 5.74) is 1.01. The quantitative estimate of drug-likeness (QED) is 0.846. The lowest BCUT2D eigenvalue weighted by molar-refractivity contribution is 0.0903. The van der Waals surface area contributed by atoms with E-state index in [0.717, 1.165) is 5.56 Å². The Bertz CT molecular complexity index is 849. The van der Waals surface area contributed by atoms with Crippen molar-refractivity contribution in [1.29, 1.82) is 0 Å². The van der Waals surface area contributed by atoms with Crippen LogP contribution in [0.1, 0.15) is 15.9 Å². The summed E-state index contributed by atoms with van der Waals surface area (Å²) >= 11 is 0. The van der Waals surface area contributed by atoms with Crippen LogP contribution >= 0.6 is 0 Å². The number of nitrogens with zero attached hydrogens (tertiary/aromatic N) is 1. The van der Waals surface area contributed by atoms with Gasteiger partial charge in [-0.15, -0.1) is 0 Å². The Balaban J connectivity index is 2.01. The highest BCUT2D eigenvalue weighted by atomic mass is 32.2. The number of carbonyl (C=O) groups is 1. The summed E-state index contributed by atoms with van der Waals surface area (Å²) in [5.74, 6) is -0.313. The third kappa shape index (κ3) is 3.19. The Labute approximate surface area is 140 Å². The van der Waals surface area contributed by atoms with Crippen molar-refractivity contribution in [2.45, 2.75) is 11.4 Å². The highest BCUT2D eigenvalue weighted by Crippen LogP contribution is 2.31. The predicted molar refractivity (Wildman–Crippen MR) is 87.4 cm³/mol. The summed E-state index contributed by atoms with van der Waals surface area (Å²) < 4.78 is 32.8. The van der Waals surface area contributed by atoms with E-state index < -0.39 is 22.4 Å². The molecular weight excluding hydrogens is 330 g/mol. The number of Topliss-reactive ketones (excluding diaryl/α,β-unsaturated/α-hetero) is 1. The molecular formula is C17H17NO5S. The second-order valence-corrected chi connectivity index (χ2v) is 7.32. The maximum Gasteiger partial charge on any atom is 0.247 e. The molecule has 3 rings (SSSR count).